The predicted octanol–water partition coefficient (Wildman–Crippen LogP) is 5.56. The molecule has 0 aliphatic rings. The lowest BCUT2D eigenvalue weighted by Crippen LogP contribution is -2.13. The minimum atomic E-state index is -0.172. The van der Waals surface area contributed by atoms with E-state index in [1.807, 2.05) is 24.3 Å². The molecule has 2 aromatic rings. The van der Waals surface area contributed by atoms with Crippen LogP contribution in [0.1, 0.15) is 10.4 Å². The third kappa shape index (κ3) is 4.05. The summed E-state index contributed by atoms with van der Waals surface area (Å²) in [5, 5.41) is 3.35. The summed E-state index contributed by atoms with van der Waals surface area (Å²) in [5.74, 6) is -0.172. The van der Waals surface area contributed by atoms with Gasteiger partial charge in [0.2, 0.25) is 0 Å². The summed E-state index contributed by atoms with van der Waals surface area (Å²) in [6.45, 7) is 0. The van der Waals surface area contributed by atoms with Gasteiger partial charge in [0.05, 0.1) is 16.3 Å². The molecule has 0 unspecified atom stereocenters. The van der Waals surface area contributed by atoms with Gasteiger partial charge < -0.3 is 5.32 Å². The molecule has 0 heterocycles. The molecule has 0 saturated carbocycles. The highest BCUT2D eigenvalue weighted by Gasteiger charge is 2.12. The van der Waals surface area contributed by atoms with Gasteiger partial charge in [-0.05, 0) is 81.6 Å². The highest BCUT2D eigenvalue weighted by Crippen LogP contribution is 2.25. The van der Waals surface area contributed by atoms with E-state index < -0.39 is 0 Å². The van der Waals surface area contributed by atoms with Crippen LogP contribution in [-0.4, -0.2) is 5.91 Å². The molecular formula is C13H7BrClI2NO. The molecular weight excluding hydrogens is 555 g/mol. The molecule has 0 fully saturated rings. The van der Waals surface area contributed by atoms with Gasteiger partial charge >= 0.3 is 0 Å². The number of nitrogens with one attached hydrogen (secondary N) is 1. The van der Waals surface area contributed by atoms with E-state index in [0.717, 1.165) is 11.6 Å². The Labute approximate surface area is 151 Å². The minimum Gasteiger partial charge on any atom is -0.321 e. The van der Waals surface area contributed by atoms with Crippen molar-refractivity contribution in [2.24, 2.45) is 0 Å². The molecule has 0 saturated heterocycles. The second-order valence-electron chi connectivity index (χ2n) is 3.70. The van der Waals surface area contributed by atoms with Crippen molar-refractivity contribution in [2.75, 3.05) is 5.32 Å². The highest BCUT2D eigenvalue weighted by atomic mass is 127. The Hall–Kier alpha value is 0.140. The van der Waals surface area contributed by atoms with Crippen LogP contribution in [0, 0.1) is 7.14 Å². The third-order valence-electron chi connectivity index (χ3n) is 2.35. The maximum absolute atomic E-state index is 12.2. The molecule has 2 rings (SSSR count). The standard InChI is InChI=1S/C13H7BrClI2NO/c14-7-1-3-11(17)9(5-7)13(19)18-12-4-2-8(16)6-10(12)15/h1-6H,(H,18,19). The van der Waals surface area contributed by atoms with E-state index in [9.17, 15) is 4.79 Å². The number of hydrogen-bond acceptors (Lipinski definition) is 1. The Morgan fingerprint density at radius 2 is 1.89 bits per heavy atom. The summed E-state index contributed by atoms with van der Waals surface area (Å²) in [6, 6.07) is 11.1. The first-order valence-corrected chi connectivity index (χ1v) is 8.51. The van der Waals surface area contributed by atoms with Gasteiger partial charge in [0.25, 0.3) is 5.91 Å². The molecule has 1 amide bonds. The van der Waals surface area contributed by atoms with Gasteiger partial charge in [-0.1, -0.05) is 27.5 Å². The van der Waals surface area contributed by atoms with E-state index in [4.69, 9.17) is 11.6 Å². The van der Waals surface area contributed by atoms with Crippen molar-refractivity contribution in [1.82, 2.24) is 0 Å². The molecule has 98 valence electrons. The van der Waals surface area contributed by atoms with Crippen molar-refractivity contribution in [3.63, 3.8) is 0 Å². The summed E-state index contributed by atoms with van der Waals surface area (Å²) < 4.78 is 2.78. The molecule has 0 aliphatic carbocycles. The second kappa shape index (κ2) is 6.73. The number of halogens is 4. The first kappa shape index (κ1) is 15.5. The van der Waals surface area contributed by atoms with Crippen molar-refractivity contribution in [3.8, 4) is 0 Å². The van der Waals surface area contributed by atoms with Gasteiger partial charge in [0.1, 0.15) is 0 Å². The number of anilines is 1. The molecule has 6 heteroatoms. The number of hydrogen-bond donors (Lipinski definition) is 1. The first-order valence-electron chi connectivity index (χ1n) is 5.19. The molecule has 2 nitrogen and oxygen atoms in total. The molecule has 0 atom stereocenters. The highest BCUT2D eigenvalue weighted by molar-refractivity contribution is 14.1. The van der Waals surface area contributed by atoms with Crippen LogP contribution in [0.4, 0.5) is 5.69 Å². The predicted molar refractivity (Wildman–Crippen MR) is 99.0 cm³/mol. The van der Waals surface area contributed by atoms with Crippen molar-refractivity contribution >= 4 is 84.3 Å². The van der Waals surface area contributed by atoms with Crippen LogP contribution < -0.4 is 5.32 Å². The lowest BCUT2D eigenvalue weighted by Gasteiger charge is -2.09. The van der Waals surface area contributed by atoms with Gasteiger partial charge in [-0.15, -0.1) is 0 Å². The van der Waals surface area contributed by atoms with Crippen LogP contribution in [0.3, 0.4) is 0 Å². The van der Waals surface area contributed by atoms with Crippen LogP contribution in [-0.2, 0) is 0 Å². The molecule has 0 radical (unpaired) electrons. The van der Waals surface area contributed by atoms with Gasteiger partial charge in [0, 0.05) is 11.6 Å². The average Bonchev–Trinajstić information content (AvgIpc) is 2.35. The SMILES string of the molecule is O=C(Nc1ccc(I)cc1Cl)c1cc(Br)ccc1I. The normalized spacial score (nSPS) is 10.3. The topological polar surface area (TPSA) is 29.1 Å². The summed E-state index contributed by atoms with van der Waals surface area (Å²) in [4.78, 5) is 12.2. The summed E-state index contributed by atoms with van der Waals surface area (Å²) in [5.41, 5.74) is 1.23. The monoisotopic (exact) mass is 561 g/mol. The minimum absolute atomic E-state index is 0.172. The Kier molecular flexibility index (Phi) is 5.50. The summed E-state index contributed by atoms with van der Waals surface area (Å²) in [7, 11) is 0. The largest absolute Gasteiger partial charge is 0.321 e. The van der Waals surface area contributed by atoms with Crippen LogP contribution in [0.15, 0.2) is 40.9 Å². The summed E-state index contributed by atoms with van der Waals surface area (Å²) >= 11 is 13.8. The Bertz CT molecular complexity index is 649. The van der Waals surface area contributed by atoms with Gasteiger partial charge in [-0.25, -0.2) is 0 Å². The van der Waals surface area contributed by atoms with Gasteiger partial charge in [-0.3, -0.25) is 4.79 Å². The zero-order chi connectivity index (χ0) is 14.0. The number of amides is 1. The quantitative estimate of drug-likeness (QED) is 0.478. The summed E-state index contributed by atoms with van der Waals surface area (Å²) in [6.07, 6.45) is 0. The van der Waals surface area contributed by atoms with Crippen LogP contribution in [0.5, 0.6) is 0 Å². The maximum atomic E-state index is 12.2. The molecule has 0 aromatic heterocycles. The molecule has 1 N–H and O–H groups in total. The van der Waals surface area contributed by atoms with Crippen molar-refractivity contribution < 1.29 is 4.79 Å². The molecule has 0 bridgehead atoms. The lowest BCUT2D eigenvalue weighted by atomic mass is 10.2. The van der Waals surface area contributed by atoms with Crippen LogP contribution >= 0.6 is 72.7 Å². The zero-order valence-corrected chi connectivity index (χ0v) is 16.0. The number of rotatable bonds is 2. The molecule has 0 spiro atoms. The van der Waals surface area contributed by atoms with E-state index in [2.05, 4.69) is 66.4 Å². The number of benzene rings is 2. The first-order chi connectivity index (χ1) is 8.97. The average molecular weight is 562 g/mol. The van der Waals surface area contributed by atoms with E-state index in [-0.39, 0.29) is 5.91 Å². The fourth-order valence-electron chi connectivity index (χ4n) is 1.45. The maximum Gasteiger partial charge on any atom is 0.256 e. The third-order valence-corrected chi connectivity index (χ3v) is 4.77. The number of carbonyl (C=O) groups is 1. The zero-order valence-electron chi connectivity index (χ0n) is 9.38. The Morgan fingerprint density at radius 1 is 1.16 bits per heavy atom. The molecule has 0 aliphatic heterocycles. The smallest absolute Gasteiger partial charge is 0.256 e. The fraction of sp³-hybridized carbons (Fsp3) is 0. The van der Waals surface area contributed by atoms with E-state index >= 15 is 0 Å². The second-order valence-corrected chi connectivity index (χ2v) is 7.43. The fourth-order valence-corrected chi connectivity index (χ4v) is 3.30. The Morgan fingerprint density at radius 3 is 2.58 bits per heavy atom. The van der Waals surface area contributed by atoms with Crippen molar-refractivity contribution in [2.45, 2.75) is 0 Å². The van der Waals surface area contributed by atoms with Gasteiger partial charge in [0.15, 0.2) is 0 Å². The van der Waals surface area contributed by atoms with Gasteiger partial charge in [-0.2, -0.15) is 0 Å². The Balaban J connectivity index is 2.28. The van der Waals surface area contributed by atoms with Crippen LogP contribution in [0.2, 0.25) is 5.02 Å². The molecule has 19 heavy (non-hydrogen) atoms. The van der Waals surface area contributed by atoms with Crippen molar-refractivity contribution in [1.29, 1.82) is 0 Å². The van der Waals surface area contributed by atoms with E-state index in [1.54, 1.807) is 12.1 Å². The van der Waals surface area contributed by atoms with E-state index in [1.165, 1.54) is 0 Å². The molecule has 2 aromatic carbocycles. The van der Waals surface area contributed by atoms with Crippen LogP contribution in [0.25, 0.3) is 0 Å². The number of carbonyl (C=O) groups excluding carboxylic acids is 1. The van der Waals surface area contributed by atoms with Crippen molar-refractivity contribution in [3.05, 3.63) is 58.6 Å². The van der Waals surface area contributed by atoms with E-state index in [0.29, 0.717) is 16.3 Å². The lowest BCUT2D eigenvalue weighted by molar-refractivity contribution is 0.102.